The first-order valence-corrected chi connectivity index (χ1v) is 10.2. The molecule has 0 aromatic heterocycles. The van der Waals surface area contributed by atoms with E-state index >= 15 is 0 Å². The van der Waals surface area contributed by atoms with Gasteiger partial charge in [-0.2, -0.15) is 0 Å². The van der Waals surface area contributed by atoms with Crippen LogP contribution in [0, 0.1) is 13.8 Å². The maximum Gasteiger partial charge on any atom is 0.251 e. The van der Waals surface area contributed by atoms with Crippen molar-refractivity contribution in [3.8, 4) is 5.75 Å². The third-order valence-electron chi connectivity index (χ3n) is 4.98. The van der Waals surface area contributed by atoms with E-state index in [0.29, 0.717) is 22.9 Å². The highest BCUT2D eigenvalue weighted by Gasteiger charge is 2.16. The lowest BCUT2D eigenvalue weighted by atomic mass is 9.97. The molecule has 3 aromatic rings. The average molecular weight is 408 g/mol. The molecule has 0 saturated carbocycles. The molecule has 1 amide bonds. The molecule has 3 aromatic carbocycles. The van der Waals surface area contributed by atoms with Crippen LogP contribution in [0.15, 0.2) is 66.7 Å². The Kier molecular flexibility index (Phi) is 6.95. The smallest absolute Gasteiger partial charge is 0.251 e. The molecular formula is C25H26ClNO2. The molecule has 150 valence electrons. The first-order valence-electron chi connectivity index (χ1n) is 9.82. The lowest BCUT2D eigenvalue weighted by Gasteiger charge is -2.20. The number of hydrogen-bond acceptors (Lipinski definition) is 2. The molecule has 1 N–H and O–H groups in total. The SMILES string of the molecule is CCC(NC(=O)c1ccc(OCc2ccccc2Cl)cc1)c1ccc(C)cc1C. The van der Waals surface area contributed by atoms with Crippen molar-refractivity contribution in [2.45, 2.75) is 39.8 Å². The minimum atomic E-state index is -0.0884. The maximum atomic E-state index is 12.7. The second kappa shape index (κ2) is 9.62. The van der Waals surface area contributed by atoms with Gasteiger partial charge in [0, 0.05) is 16.1 Å². The quantitative estimate of drug-likeness (QED) is 0.491. The van der Waals surface area contributed by atoms with Gasteiger partial charge in [0.1, 0.15) is 12.4 Å². The summed E-state index contributed by atoms with van der Waals surface area (Å²) in [6, 6.07) is 21.1. The molecule has 3 nitrogen and oxygen atoms in total. The summed E-state index contributed by atoms with van der Waals surface area (Å²) in [6.45, 7) is 6.62. The van der Waals surface area contributed by atoms with E-state index in [9.17, 15) is 4.79 Å². The van der Waals surface area contributed by atoms with Gasteiger partial charge in [0.05, 0.1) is 6.04 Å². The lowest BCUT2D eigenvalue weighted by Crippen LogP contribution is -2.28. The predicted octanol–water partition coefficient (Wildman–Crippen LogP) is 6.42. The van der Waals surface area contributed by atoms with E-state index in [1.807, 2.05) is 36.4 Å². The summed E-state index contributed by atoms with van der Waals surface area (Å²) in [5.74, 6) is 0.609. The molecule has 0 spiro atoms. The van der Waals surface area contributed by atoms with Crippen LogP contribution in [-0.4, -0.2) is 5.91 Å². The molecule has 0 aliphatic carbocycles. The molecule has 0 saturated heterocycles. The predicted molar refractivity (Wildman–Crippen MR) is 119 cm³/mol. The zero-order valence-corrected chi connectivity index (χ0v) is 17.8. The maximum absolute atomic E-state index is 12.7. The summed E-state index contributed by atoms with van der Waals surface area (Å²) in [4.78, 5) is 12.7. The van der Waals surface area contributed by atoms with E-state index in [0.717, 1.165) is 17.5 Å². The normalized spacial score (nSPS) is 11.7. The van der Waals surface area contributed by atoms with Crippen molar-refractivity contribution >= 4 is 17.5 Å². The van der Waals surface area contributed by atoms with Gasteiger partial charge in [-0.25, -0.2) is 0 Å². The molecule has 0 aliphatic rings. The van der Waals surface area contributed by atoms with Crippen molar-refractivity contribution in [2.24, 2.45) is 0 Å². The topological polar surface area (TPSA) is 38.3 Å². The van der Waals surface area contributed by atoms with Crippen LogP contribution in [0.2, 0.25) is 5.02 Å². The number of rotatable bonds is 7. The summed E-state index contributed by atoms with van der Waals surface area (Å²) in [7, 11) is 0. The summed E-state index contributed by atoms with van der Waals surface area (Å²) in [5, 5.41) is 3.83. The summed E-state index contributed by atoms with van der Waals surface area (Å²) >= 11 is 6.16. The number of nitrogens with one attached hydrogen (secondary N) is 1. The van der Waals surface area contributed by atoms with Crippen molar-refractivity contribution in [3.63, 3.8) is 0 Å². The Hall–Kier alpha value is -2.78. The van der Waals surface area contributed by atoms with Gasteiger partial charge in [-0.05, 0) is 61.7 Å². The van der Waals surface area contributed by atoms with Crippen LogP contribution in [0.3, 0.4) is 0 Å². The highest BCUT2D eigenvalue weighted by atomic mass is 35.5. The molecule has 3 rings (SSSR count). The summed E-state index contributed by atoms with van der Waals surface area (Å²) in [6.07, 6.45) is 0.828. The molecule has 1 atom stereocenters. The van der Waals surface area contributed by atoms with Gasteiger partial charge in [0.2, 0.25) is 0 Å². The van der Waals surface area contributed by atoms with Gasteiger partial charge in [0.15, 0.2) is 0 Å². The Morgan fingerprint density at radius 1 is 1.03 bits per heavy atom. The highest BCUT2D eigenvalue weighted by molar-refractivity contribution is 6.31. The largest absolute Gasteiger partial charge is 0.489 e. The number of carbonyl (C=O) groups excluding carboxylic acids is 1. The number of amides is 1. The van der Waals surface area contributed by atoms with E-state index < -0.39 is 0 Å². The minimum absolute atomic E-state index is 0.0146. The first kappa shape index (κ1) is 20.9. The standard InChI is InChI=1S/C25H26ClNO2/c1-4-24(22-14-9-17(2)15-18(22)3)27-25(28)19-10-12-21(13-11-19)29-16-20-7-5-6-8-23(20)26/h5-15,24H,4,16H2,1-3H3,(H,27,28). The van der Waals surface area contributed by atoms with Gasteiger partial charge in [-0.1, -0.05) is 60.5 Å². The lowest BCUT2D eigenvalue weighted by molar-refractivity contribution is 0.0935. The molecule has 1 unspecified atom stereocenters. The van der Waals surface area contributed by atoms with Gasteiger partial charge in [-0.3, -0.25) is 4.79 Å². The zero-order chi connectivity index (χ0) is 20.8. The van der Waals surface area contributed by atoms with Gasteiger partial charge in [-0.15, -0.1) is 0 Å². The van der Waals surface area contributed by atoms with Crippen LogP contribution in [0.5, 0.6) is 5.75 Å². The number of hydrogen-bond donors (Lipinski definition) is 1. The van der Waals surface area contributed by atoms with Crippen molar-refractivity contribution in [2.75, 3.05) is 0 Å². The highest BCUT2D eigenvalue weighted by Crippen LogP contribution is 2.23. The summed E-state index contributed by atoms with van der Waals surface area (Å²) in [5.41, 5.74) is 5.11. The molecule has 0 fully saturated rings. The average Bonchev–Trinajstić information content (AvgIpc) is 2.72. The first-order chi connectivity index (χ1) is 14.0. The second-order valence-electron chi connectivity index (χ2n) is 7.20. The Labute approximate surface area is 177 Å². The number of carbonyl (C=O) groups is 1. The van der Waals surface area contributed by atoms with Crippen LogP contribution in [0.1, 0.15) is 52.0 Å². The van der Waals surface area contributed by atoms with Crippen LogP contribution in [0.25, 0.3) is 0 Å². The van der Waals surface area contributed by atoms with Crippen molar-refractivity contribution in [1.82, 2.24) is 5.32 Å². The van der Waals surface area contributed by atoms with Crippen LogP contribution in [0.4, 0.5) is 0 Å². The Morgan fingerprint density at radius 3 is 2.41 bits per heavy atom. The fraction of sp³-hybridized carbons (Fsp3) is 0.240. The van der Waals surface area contributed by atoms with E-state index in [1.54, 1.807) is 12.1 Å². The molecule has 0 bridgehead atoms. The molecule has 0 radical (unpaired) electrons. The number of aryl methyl sites for hydroxylation is 2. The Balaban J connectivity index is 1.64. The minimum Gasteiger partial charge on any atom is -0.489 e. The van der Waals surface area contributed by atoms with Gasteiger partial charge >= 0.3 is 0 Å². The van der Waals surface area contributed by atoms with Crippen molar-refractivity contribution in [1.29, 1.82) is 0 Å². The third-order valence-corrected chi connectivity index (χ3v) is 5.35. The zero-order valence-electron chi connectivity index (χ0n) is 17.0. The number of halogens is 1. The third kappa shape index (κ3) is 5.39. The Bertz CT molecular complexity index is 982. The van der Waals surface area contributed by atoms with Crippen LogP contribution in [-0.2, 0) is 6.61 Å². The number of benzene rings is 3. The van der Waals surface area contributed by atoms with Crippen molar-refractivity contribution < 1.29 is 9.53 Å². The molecule has 0 aliphatic heterocycles. The number of ether oxygens (including phenoxy) is 1. The Morgan fingerprint density at radius 2 is 1.76 bits per heavy atom. The summed E-state index contributed by atoms with van der Waals surface area (Å²) < 4.78 is 5.79. The molecule has 29 heavy (non-hydrogen) atoms. The van der Waals surface area contributed by atoms with Crippen LogP contribution < -0.4 is 10.1 Å². The van der Waals surface area contributed by atoms with E-state index in [4.69, 9.17) is 16.3 Å². The van der Waals surface area contributed by atoms with Gasteiger partial charge in [0.25, 0.3) is 5.91 Å². The fourth-order valence-corrected chi connectivity index (χ4v) is 3.53. The van der Waals surface area contributed by atoms with Crippen molar-refractivity contribution in [3.05, 3.63) is 99.6 Å². The monoisotopic (exact) mass is 407 g/mol. The fourth-order valence-electron chi connectivity index (χ4n) is 3.34. The van der Waals surface area contributed by atoms with Crippen LogP contribution >= 0.6 is 11.6 Å². The molecular weight excluding hydrogens is 382 g/mol. The van der Waals surface area contributed by atoms with E-state index in [2.05, 4.69) is 44.3 Å². The molecule has 0 heterocycles. The van der Waals surface area contributed by atoms with E-state index in [1.165, 1.54) is 11.1 Å². The molecule has 4 heteroatoms. The van der Waals surface area contributed by atoms with E-state index in [-0.39, 0.29) is 11.9 Å². The van der Waals surface area contributed by atoms with Gasteiger partial charge < -0.3 is 10.1 Å². The second-order valence-corrected chi connectivity index (χ2v) is 7.61.